The van der Waals surface area contributed by atoms with Gasteiger partial charge in [0, 0.05) is 26.0 Å². The van der Waals surface area contributed by atoms with E-state index in [0.717, 1.165) is 14.2 Å². The third-order valence-corrected chi connectivity index (χ3v) is 3.57. The Bertz CT molecular complexity index is 650. The van der Waals surface area contributed by atoms with Crippen LogP contribution in [0, 0.1) is 4.64 Å². The van der Waals surface area contributed by atoms with Crippen LogP contribution in [0.15, 0.2) is 11.0 Å². The molecule has 2 heterocycles. The molecular formula is C19H39N3O7S. The fourth-order valence-electron chi connectivity index (χ4n) is 2.11. The number of nitrogens with two attached hydrogens (primary N) is 1. The first-order chi connectivity index (χ1) is 14.5. The number of aromatic nitrogens is 2. The number of hydrogen-bond donors (Lipinski definition) is 5. The highest BCUT2D eigenvalue weighted by atomic mass is 32.1. The number of carbonyl (C=O) groups is 1. The van der Waals surface area contributed by atoms with Gasteiger partial charge in [-0.25, -0.2) is 4.79 Å². The van der Waals surface area contributed by atoms with Crippen LogP contribution in [-0.2, 0) is 20.9 Å². The molecule has 2 rings (SSSR count). The SMILES string of the molecule is CC.CCC.CO.CO.NCC(=O)OCC1CCC(n2cc(CO)c(=S)[nH]c2=O)O1. The number of carbonyl (C=O) groups excluding carboxylic acids is 1. The number of H-pyrrole nitrogens is 1. The van der Waals surface area contributed by atoms with Crippen molar-refractivity contribution in [3.8, 4) is 0 Å². The van der Waals surface area contributed by atoms with E-state index in [0.29, 0.717) is 18.4 Å². The van der Waals surface area contributed by atoms with Crippen LogP contribution in [0.25, 0.3) is 0 Å². The average Bonchev–Trinajstić information content (AvgIpc) is 3.25. The van der Waals surface area contributed by atoms with Crippen LogP contribution in [0.1, 0.15) is 58.7 Å². The molecule has 10 nitrogen and oxygen atoms in total. The van der Waals surface area contributed by atoms with Crippen LogP contribution in [0.2, 0.25) is 0 Å². The highest BCUT2D eigenvalue weighted by molar-refractivity contribution is 7.71. The molecule has 178 valence electrons. The zero-order chi connectivity index (χ0) is 24.1. The van der Waals surface area contributed by atoms with Gasteiger partial charge in [0.1, 0.15) is 17.5 Å². The van der Waals surface area contributed by atoms with Gasteiger partial charge in [0.25, 0.3) is 0 Å². The molecule has 30 heavy (non-hydrogen) atoms. The normalized spacial score (nSPS) is 16.2. The Balaban J connectivity index is -0.000000709. The second-order valence-corrected chi connectivity index (χ2v) is 5.77. The summed E-state index contributed by atoms with van der Waals surface area (Å²) in [5.74, 6) is -0.495. The van der Waals surface area contributed by atoms with Gasteiger partial charge in [0.05, 0.1) is 19.3 Å². The second kappa shape index (κ2) is 22.1. The van der Waals surface area contributed by atoms with Gasteiger partial charge in [-0.05, 0) is 12.8 Å². The molecule has 2 unspecified atom stereocenters. The topological polar surface area (TPSA) is 160 Å². The predicted octanol–water partition coefficient (Wildman–Crippen LogP) is 1.24. The van der Waals surface area contributed by atoms with Gasteiger partial charge in [-0.3, -0.25) is 14.3 Å². The number of hydrogen-bond acceptors (Lipinski definition) is 9. The van der Waals surface area contributed by atoms with Crippen LogP contribution in [0.4, 0.5) is 0 Å². The van der Waals surface area contributed by atoms with E-state index >= 15 is 0 Å². The first kappa shape index (κ1) is 33.0. The van der Waals surface area contributed by atoms with E-state index in [1.54, 1.807) is 0 Å². The Labute approximate surface area is 183 Å². The molecule has 0 spiro atoms. The summed E-state index contributed by atoms with van der Waals surface area (Å²) in [6.45, 7) is 7.92. The lowest BCUT2D eigenvalue weighted by molar-refractivity contribution is -0.146. The third kappa shape index (κ3) is 12.8. The maximum atomic E-state index is 11.9. The van der Waals surface area contributed by atoms with E-state index in [-0.39, 0.29) is 30.5 Å². The van der Waals surface area contributed by atoms with Crippen molar-refractivity contribution < 1.29 is 29.6 Å². The van der Waals surface area contributed by atoms with Crippen molar-refractivity contribution in [1.82, 2.24) is 9.55 Å². The minimum absolute atomic E-state index is 0.108. The molecule has 1 aliphatic rings. The number of nitrogens with one attached hydrogen (secondary N) is 1. The molecule has 2 atom stereocenters. The molecule has 0 aliphatic carbocycles. The summed E-state index contributed by atoms with van der Waals surface area (Å²) in [6.07, 6.45) is 3.23. The molecule has 1 fully saturated rings. The molecule has 0 aromatic carbocycles. The average molecular weight is 454 g/mol. The van der Waals surface area contributed by atoms with Crippen LogP contribution >= 0.6 is 12.2 Å². The van der Waals surface area contributed by atoms with E-state index in [2.05, 4.69) is 18.8 Å². The minimum atomic E-state index is -0.495. The Morgan fingerprint density at radius 1 is 1.30 bits per heavy atom. The number of aromatic amines is 1. The lowest BCUT2D eigenvalue weighted by atomic mass is 10.2. The summed E-state index contributed by atoms with van der Waals surface area (Å²) >= 11 is 4.94. The second-order valence-electron chi connectivity index (χ2n) is 5.36. The Kier molecular flexibility index (Phi) is 24.3. The lowest BCUT2D eigenvalue weighted by Gasteiger charge is -2.16. The molecule has 1 aromatic rings. The van der Waals surface area contributed by atoms with Crippen molar-refractivity contribution in [2.45, 2.75) is 65.9 Å². The summed E-state index contributed by atoms with van der Waals surface area (Å²) < 4.78 is 12.2. The molecular weight excluding hydrogens is 414 g/mol. The molecule has 0 amide bonds. The minimum Gasteiger partial charge on any atom is -0.462 e. The number of aliphatic hydroxyl groups excluding tert-OH is 3. The van der Waals surface area contributed by atoms with Crippen molar-refractivity contribution in [2.24, 2.45) is 5.73 Å². The number of esters is 1. The van der Waals surface area contributed by atoms with Crippen molar-refractivity contribution in [1.29, 1.82) is 0 Å². The summed E-state index contributed by atoms with van der Waals surface area (Å²) in [4.78, 5) is 25.4. The maximum Gasteiger partial charge on any atom is 0.328 e. The Hall–Kier alpha value is -1.63. The molecule has 0 saturated carbocycles. The van der Waals surface area contributed by atoms with E-state index in [4.69, 9.17) is 37.6 Å². The zero-order valence-corrected chi connectivity index (χ0v) is 19.7. The zero-order valence-electron chi connectivity index (χ0n) is 18.9. The van der Waals surface area contributed by atoms with Gasteiger partial charge in [0.2, 0.25) is 0 Å². The molecule has 0 bridgehead atoms. The van der Waals surface area contributed by atoms with Crippen molar-refractivity contribution in [2.75, 3.05) is 27.4 Å². The summed E-state index contributed by atoms with van der Waals surface area (Å²) in [5, 5.41) is 23.2. The fraction of sp³-hybridized carbons (Fsp3) is 0.737. The number of rotatable bonds is 5. The summed E-state index contributed by atoms with van der Waals surface area (Å²) in [7, 11) is 2.00. The Morgan fingerprint density at radius 2 is 1.83 bits per heavy atom. The highest BCUT2D eigenvalue weighted by Gasteiger charge is 2.28. The monoisotopic (exact) mass is 453 g/mol. The van der Waals surface area contributed by atoms with Crippen LogP contribution in [-0.4, -0.2) is 64.3 Å². The van der Waals surface area contributed by atoms with E-state index in [1.165, 1.54) is 17.2 Å². The quantitative estimate of drug-likeness (QED) is 0.326. The molecule has 11 heteroatoms. The number of nitrogens with zero attached hydrogens (tertiary/aromatic N) is 1. The highest BCUT2D eigenvalue weighted by Crippen LogP contribution is 2.27. The van der Waals surface area contributed by atoms with Gasteiger partial charge in [-0.15, -0.1) is 0 Å². The van der Waals surface area contributed by atoms with Gasteiger partial charge < -0.3 is 30.5 Å². The molecule has 0 radical (unpaired) electrons. The van der Waals surface area contributed by atoms with E-state index in [9.17, 15) is 14.7 Å². The maximum absolute atomic E-state index is 11.9. The summed E-state index contributed by atoms with van der Waals surface area (Å²) in [5.41, 5.74) is 5.19. The van der Waals surface area contributed by atoms with Gasteiger partial charge in [0.15, 0.2) is 0 Å². The largest absolute Gasteiger partial charge is 0.462 e. The van der Waals surface area contributed by atoms with E-state index in [1.807, 2.05) is 13.8 Å². The molecule has 1 aromatic heterocycles. The van der Waals surface area contributed by atoms with Crippen LogP contribution in [0.3, 0.4) is 0 Å². The molecule has 1 aliphatic heterocycles. The standard InChI is InChI=1S/C12H17N3O5S.C3H8.C2H6.2CH4O/c13-3-10(17)19-6-8-1-2-9(20-8)15-4-7(5-16)11(21)14-12(15)18;1-3-2;3*1-2/h4,8-9,16H,1-3,5-6,13H2,(H,14,18,21);3H2,1-2H3;1-2H3;2*2H,1H3. The Morgan fingerprint density at radius 3 is 2.30 bits per heavy atom. The number of ether oxygens (including phenoxy) is 2. The van der Waals surface area contributed by atoms with E-state index < -0.39 is 17.9 Å². The van der Waals surface area contributed by atoms with Crippen molar-refractivity contribution in [3.63, 3.8) is 0 Å². The molecule has 1 saturated heterocycles. The first-order valence-corrected chi connectivity index (χ1v) is 10.2. The van der Waals surface area contributed by atoms with Crippen molar-refractivity contribution >= 4 is 18.2 Å². The van der Waals surface area contributed by atoms with Crippen molar-refractivity contribution in [3.05, 3.63) is 26.9 Å². The first-order valence-electron chi connectivity index (χ1n) is 9.82. The third-order valence-electron chi connectivity index (χ3n) is 3.20. The molecule has 6 N–H and O–H groups in total. The lowest BCUT2D eigenvalue weighted by Crippen LogP contribution is -2.29. The summed E-state index contributed by atoms with van der Waals surface area (Å²) in [6, 6.07) is 0. The van der Waals surface area contributed by atoms with Gasteiger partial charge >= 0.3 is 11.7 Å². The predicted molar refractivity (Wildman–Crippen MR) is 119 cm³/mol. The van der Waals surface area contributed by atoms with Gasteiger partial charge in [-0.2, -0.15) is 0 Å². The van der Waals surface area contributed by atoms with Gasteiger partial charge in [-0.1, -0.05) is 46.3 Å². The van der Waals surface area contributed by atoms with Crippen LogP contribution in [0.5, 0.6) is 0 Å². The fourth-order valence-corrected chi connectivity index (χ4v) is 2.32. The number of aliphatic hydroxyl groups is 3. The van der Waals surface area contributed by atoms with Crippen LogP contribution < -0.4 is 11.4 Å². The smallest absolute Gasteiger partial charge is 0.328 e.